The van der Waals surface area contributed by atoms with Gasteiger partial charge in [0.2, 0.25) is 0 Å². The summed E-state index contributed by atoms with van der Waals surface area (Å²) >= 11 is 0. The van der Waals surface area contributed by atoms with E-state index in [-0.39, 0.29) is 12.1 Å². The van der Waals surface area contributed by atoms with Crippen LogP contribution in [0.2, 0.25) is 0 Å². The molecule has 2 amide bonds. The van der Waals surface area contributed by atoms with Gasteiger partial charge in [0.15, 0.2) is 0 Å². The van der Waals surface area contributed by atoms with E-state index in [1.54, 1.807) is 11.8 Å². The van der Waals surface area contributed by atoms with Crippen LogP contribution in [0.25, 0.3) is 0 Å². The second kappa shape index (κ2) is 6.92. The summed E-state index contributed by atoms with van der Waals surface area (Å²) in [5.41, 5.74) is 0. The summed E-state index contributed by atoms with van der Waals surface area (Å²) in [6, 6.07) is -0.258. The summed E-state index contributed by atoms with van der Waals surface area (Å²) in [6.45, 7) is 10.3. The SMILES string of the molecule is CC(C)C(C)N(C)C(=O)N1CCN(C(C)C(=O)O)CC1. The van der Waals surface area contributed by atoms with Gasteiger partial charge >= 0.3 is 12.0 Å². The summed E-state index contributed by atoms with van der Waals surface area (Å²) < 4.78 is 0. The molecule has 1 aliphatic heterocycles. The molecule has 2 atom stereocenters. The molecule has 1 saturated heterocycles. The minimum atomic E-state index is -0.810. The summed E-state index contributed by atoms with van der Waals surface area (Å²) in [5, 5.41) is 9.00. The Morgan fingerprint density at radius 1 is 1.05 bits per heavy atom. The predicted octanol–water partition coefficient (Wildman–Crippen LogP) is 1.17. The highest BCUT2D eigenvalue weighted by molar-refractivity contribution is 5.75. The molecule has 1 rings (SSSR count). The molecule has 0 aliphatic carbocycles. The average Bonchev–Trinajstić information content (AvgIpc) is 2.44. The Balaban J connectivity index is 2.53. The fraction of sp³-hybridized carbons (Fsp3) is 0.857. The zero-order chi connectivity index (χ0) is 15.4. The number of carbonyl (C=O) groups is 2. The van der Waals surface area contributed by atoms with E-state index in [1.165, 1.54) is 0 Å². The van der Waals surface area contributed by atoms with Gasteiger partial charge in [0, 0.05) is 39.3 Å². The maximum Gasteiger partial charge on any atom is 0.320 e. The molecule has 0 saturated carbocycles. The van der Waals surface area contributed by atoms with Crippen LogP contribution < -0.4 is 0 Å². The Labute approximate surface area is 121 Å². The van der Waals surface area contributed by atoms with Gasteiger partial charge in [-0.05, 0) is 19.8 Å². The van der Waals surface area contributed by atoms with Gasteiger partial charge in [0.25, 0.3) is 0 Å². The van der Waals surface area contributed by atoms with Crippen molar-refractivity contribution in [2.24, 2.45) is 5.92 Å². The minimum absolute atomic E-state index is 0.0360. The van der Waals surface area contributed by atoms with Crippen molar-refractivity contribution in [3.05, 3.63) is 0 Å². The highest BCUT2D eigenvalue weighted by atomic mass is 16.4. The van der Waals surface area contributed by atoms with Crippen molar-refractivity contribution >= 4 is 12.0 Å². The molecule has 0 radical (unpaired) electrons. The van der Waals surface area contributed by atoms with Gasteiger partial charge in [-0.25, -0.2) is 4.79 Å². The highest BCUT2D eigenvalue weighted by Gasteiger charge is 2.29. The van der Waals surface area contributed by atoms with Gasteiger partial charge in [-0.3, -0.25) is 9.69 Å². The maximum atomic E-state index is 12.4. The van der Waals surface area contributed by atoms with Gasteiger partial charge < -0.3 is 14.9 Å². The number of urea groups is 1. The quantitative estimate of drug-likeness (QED) is 0.842. The van der Waals surface area contributed by atoms with E-state index in [9.17, 15) is 9.59 Å². The number of carboxylic acid groups (broad SMARTS) is 1. The number of rotatable bonds is 4. The Bertz CT molecular complexity index is 352. The molecule has 1 N–H and O–H groups in total. The monoisotopic (exact) mass is 285 g/mol. The Hall–Kier alpha value is -1.30. The number of piperazine rings is 1. The van der Waals surface area contributed by atoms with Crippen LogP contribution in [0.3, 0.4) is 0 Å². The van der Waals surface area contributed by atoms with E-state index in [1.807, 2.05) is 23.8 Å². The predicted molar refractivity (Wildman–Crippen MR) is 77.7 cm³/mol. The first-order chi connectivity index (χ1) is 9.25. The lowest BCUT2D eigenvalue weighted by Gasteiger charge is -2.39. The second-order valence-corrected chi connectivity index (χ2v) is 5.92. The van der Waals surface area contributed by atoms with Crippen molar-refractivity contribution < 1.29 is 14.7 Å². The number of carboxylic acids is 1. The molecule has 1 aliphatic rings. The number of nitrogens with zero attached hydrogens (tertiary/aromatic N) is 3. The van der Waals surface area contributed by atoms with Crippen LogP contribution in [0.5, 0.6) is 0 Å². The molecular formula is C14H27N3O3. The number of carbonyl (C=O) groups excluding carboxylic acids is 1. The fourth-order valence-electron chi connectivity index (χ4n) is 2.30. The van der Waals surface area contributed by atoms with Crippen molar-refractivity contribution in [3.8, 4) is 0 Å². The van der Waals surface area contributed by atoms with Crippen molar-refractivity contribution in [1.29, 1.82) is 0 Å². The lowest BCUT2D eigenvalue weighted by molar-refractivity contribution is -0.143. The third-order valence-electron chi connectivity index (χ3n) is 4.37. The van der Waals surface area contributed by atoms with E-state index >= 15 is 0 Å². The second-order valence-electron chi connectivity index (χ2n) is 5.92. The molecule has 6 heteroatoms. The Morgan fingerprint density at radius 2 is 1.55 bits per heavy atom. The molecule has 0 aromatic rings. The fourth-order valence-corrected chi connectivity index (χ4v) is 2.30. The van der Waals surface area contributed by atoms with Crippen LogP contribution in [0.1, 0.15) is 27.7 Å². The van der Waals surface area contributed by atoms with Gasteiger partial charge in [0.05, 0.1) is 0 Å². The van der Waals surface area contributed by atoms with Crippen LogP contribution in [0.4, 0.5) is 4.79 Å². The molecule has 2 unspecified atom stereocenters. The van der Waals surface area contributed by atoms with E-state index < -0.39 is 12.0 Å². The molecule has 0 bridgehead atoms. The first-order valence-corrected chi connectivity index (χ1v) is 7.24. The average molecular weight is 285 g/mol. The van der Waals surface area contributed by atoms with Crippen molar-refractivity contribution in [1.82, 2.24) is 14.7 Å². The van der Waals surface area contributed by atoms with Crippen LogP contribution in [0, 0.1) is 5.92 Å². The van der Waals surface area contributed by atoms with E-state index in [4.69, 9.17) is 5.11 Å². The third kappa shape index (κ3) is 3.85. The van der Waals surface area contributed by atoms with Gasteiger partial charge in [0.1, 0.15) is 6.04 Å². The summed E-state index contributed by atoms with van der Waals surface area (Å²) in [7, 11) is 1.83. The molecule has 116 valence electrons. The topological polar surface area (TPSA) is 64.1 Å². The standard InChI is InChI=1S/C14H27N3O3/c1-10(2)11(3)15(5)14(20)17-8-6-16(7-9-17)12(4)13(18)19/h10-12H,6-9H2,1-5H3,(H,18,19). The van der Waals surface area contributed by atoms with Gasteiger partial charge in [-0.2, -0.15) is 0 Å². The van der Waals surface area contributed by atoms with E-state index in [0.717, 1.165) is 0 Å². The third-order valence-corrected chi connectivity index (χ3v) is 4.37. The summed E-state index contributed by atoms with van der Waals surface area (Å²) in [4.78, 5) is 28.8. The van der Waals surface area contributed by atoms with Gasteiger partial charge in [-0.1, -0.05) is 13.8 Å². The number of hydrogen-bond donors (Lipinski definition) is 1. The lowest BCUT2D eigenvalue weighted by Crippen LogP contribution is -2.56. The maximum absolute atomic E-state index is 12.4. The first kappa shape index (κ1) is 16.8. The smallest absolute Gasteiger partial charge is 0.320 e. The van der Waals surface area contributed by atoms with Crippen LogP contribution >= 0.6 is 0 Å². The minimum Gasteiger partial charge on any atom is -0.480 e. The zero-order valence-corrected chi connectivity index (χ0v) is 13.2. The van der Waals surface area contributed by atoms with Crippen molar-refractivity contribution in [2.75, 3.05) is 33.2 Å². The van der Waals surface area contributed by atoms with Crippen molar-refractivity contribution in [3.63, 3.8) is 0 Å². The summed E-state index contributed by atoms with van der Waals surface area (Å²) in [5.74, 6) is -0.396. The largest absolute Gasteiger partial charge is 0.480 e. The number of hydrogen-bond acceptors (Lipinski definition) is 3. The number of aliphatic carboxylic acids is 1. The van der Waals surface area contributed by atoms with Gasteiger partial charge in [-0.15, -0.1) is 0 Å². The van der Waals surface area contributed by atoms with E-state index in [0.29, 0.717) is 32.1 Å². The molecule has 0 aromatic carbocycles. The number of amides is 2. The van der Waals surface area contributed by atoms with Crippen LogP contribution in [0.15, 0.2) is 0 Å². The molecule has 0 spiro atoms. The molecule has 0 aromatic heterocycles. The molecule has 20 heavy (non-hydrogen) atoms. The molecule has 1 fully saturated rings. The van der Waals surface area contributed by atoms with Crippen LogP contribution in [-0.2, 0) is 4.79 Å². The highest BCUT2D eigenvalue weighted by Crippen LogP contribution is 2.13. The Morgan fingerprint density at radius 3 is 1.95 bits per heavy atom. The normalized spacial score (nSPS) is 19.8. The van der Waals surface area contributed by atoms with Crippen molar-refractivity contribution in [2.45, 2.75) is 39.8 Å². The summed E-state index contributed by atoms with van der Waals surface area (Å²) in [6.07, 6.45) is 0. The molecule has 6 nitrogen and oxygen atoms in total. The van der Waals surface area contributed by atoms with E-state index in [2.05, 4.69) is 13.8 Å². The lowest BCUT2D eigenvalue weighted by atomic mass is 10.1. The zero-order valence-electron chi connectivity index (χ0n) is 13.2. The Kier molecular flexibility index (Phi) is 5.80. The van der Waals surface area contributed by atoms with Crippen LogP contribution in [-0.4, -0.2) is 77.1 Å². The molecular weight excluding hydrogens is 258 g/mol. The first-order valence-electron chi connectivity index (χ1n) is 7.24. The molecule has 1 heterocycles.